The Morgan fingerprint density at radius 2 is 1.89 bits per heavy atom. The Bertz CT molecular complexity index is 443. The number of fused-ring (bicyclic) bond motifs is 1. The van der Waals surface area contributed by atoms with Crippen molar-refractivity contribution < 1.29 is 9.48 Å². The number of benzene rings is 1. The molecule has 2 rings (SSSR count). The molecule has 0 saturated carbocycles. The van der Waals surface area contributed by atoms with Gasteiger partial charge in [0.05, 0.1) is 14.1 Å². The van der Waals surface area contributed by atoms with Crippen molar-refractivity contribution in [2.24, 2.45) is 0 Å². The highest BCUT2D eigenvalue weighted by molar-refractivity contribution is 5.39. The van der Waals surface area contributed by atoms with E-state index in [-0.39, 0.29) is 11.6 Å². The lowest BCUT2D eigenvalue weighted by molar-refractivity contribution is -1.12. The monoisotopic (exact) mass is 248 g/mol. The Hall–Kier alpha value is -0.860. The van der Waals surface area contributed by atoms with Gasteiger partial charge in [0.2, 0.25) is 0 Å². The third kappa shape index (κ3) is 2.32. The molecule has 0 radical (unpaired) electrons. The number of hydrogen-bond acceptors (Lipinski definition) is 1. The summed E-state index contributed by atoms with van der Waals surface area (Å²) < 4.78 is 0.588. The van der Waals surface area contributed by atoms with Gasteiger partial charge in [-0.1, -0.05) is 18.2 Å². The van der Waals surface area contributed by atoms with Crippen molar-refractivity contribution in [3.63, 3.8) is 0 Å². The minimum absolute atomic E-state index is 0.0899. The topological polar surface area (TPSA) is 9.23 Å². The molecule has 2 heteroatoms. The highest BCUT2D eigenvalue weighted by Gasteiger charge is 2.39. The first kappa shape index (κ1) is 13.6. The molecular weight excluding hydrogens is 222 g/mol. The molecule has 0 heterocycles. The maximum absolute atomic E-state index is 6.38. The van der Waals surface area contributed by atoms with Crippen molar-refractivity contribution in [2.75, 3.05) is 14.1 Å². The van der Waals surface area contributed by atoms with E-state index in [4.69, 9.17) is 4.84 Å². The van der Waals surface area contributed by atoms with Crippen LogP contribution >= 0.6 is 0 Å². The summed E-state index contributed by atoms with van der Waals surface area (Å²) in [6.45, 7) is 8.86. The summed E-state index contributed by atoms with van der Waals surface area (Å²) in [5, 5.41) is 0. The number of hydrogen-bond donors (Lipinski definition) is 0. The standard InChI is InChI=1S/C16H26NO/c1-12-8-7-9-14-13(12)10-11-15(14)18-17(5,6)16(2,3)4/h7-9,15H,10-11H2,1-6H3/q+1/t15-/m0/s1. The van der Waals surface area contributed by atoms with E-state index >= 15 is 0 Å². The Kier molecular flexibility index (Phi) is 3.28. The molecule has 0 unspecified atom stereocenters. The van der Waals surface area contributed by atoms with Crippen LogP contribution in [0.15, 0.2) is 18.2 Å². The summed E-state index contributed by atoms with van der Waals surface area (Å²) in [7, 11) is 4.29. The first-order valence-electron chi connectivity index (χ1n) is 6.83. The summed E-state index contributed by atoms with van der Waals surface area (Å²) in [6.07, 6.45) is 2.50. The molecular formula is C16H26NO+. The molecule has 2 nitrogen and oxygen atoms in total. The van der Waals surface area contributed by atoms with Crippen molar-refractivity contribution in [2.45, 2.75) is 52.2 Å². The van der Waals surface area contributed by atoms with Crippen LogP contribution in [-0.2, 0) is 11.3 Å². The van der Waals surface area contributed by atoms with E-state index in [1.54, 1.807) is 0 Å². The number of hydroxylamine groups is 3. The Labute approximate surface area is 111 Å². The van der Waals surface area contributed by atoms with Gasteiger partial charge in [0.15, 0.2) is 0 Å². The van der Waals surface area contributed by atoms with Crippen LogP contribution in [0.25, 0.3) is 0 Å². The van der Waals surface area contributed by atoms with Crippen LogP contribution in [0.2, 0.25) is 0 Å². The van der Waals surface area contributed by atoms with Crippen molar-refractivity contribution in [1.82, 2.24) is 0 Å². The second kappa shape index (κ2) is 4.36. The van der Waals surface area contributed by atoms with Crippen molar-refractivity contribution in [3.05, 3.63) is 34.9 Å². The molecule has 0 spiro atoms. The molecule has 0 amide bonds. The van der Waals surface area contributed by atoms with Crippen LogP contribution < -0.4 is 0 Å². The molecule has 0 bridgehead atoms. The molecule has 0 saturated heterocycles. The van der Waals surface area contributed by atoms with Crippen LogP contribution in [0.1, 0.15) is 50.0 Å². The fraction of sp³-hybridized carbons (Fsp3) is 0.625. The fourth-order valence-corrected chi connectivity index (χ4v) is 2.38. The van der Waals surface area contributed by atoms with Gasteiger partial charge in [0.1, 0.15) is 11.6 Å². The minimum Gasteiger partial charge on any atom is -0.195 e. The average Bonchev–Trinajstić information content (AvgIpc) is 2.61. The number of aryl methyl sites for hydroxylation is 1. The van der Waals surface area contributed by atoms with Gasteiger partial charge in [-0.2, -0.15) is 9.48 Å². The van der Waals surface area contributed by atoms with Crippen LogP contribution in [-0.4, -0.2) is 24.3 Å². The molecule has 1 aromatic carbocycles. The van der Waals surface area contributed by atoms with E-state index in [2.05, 4.69) is 60.0 Å². The zero-order valence-electron chi connectivity index (χ0n) is 12.6. The lowest BCUT2D eigenvalue weighted by atomic mass is 10.0. The summed E-state index contributed by atoms with van der Waals surface area (Å²) in [5.74, 6) is 0. The summed E-state index contributed by atoms with van der Waals surface area (Å²) in [5.41, 5.74) is 4.38. The van der Waals surface area contributed by atoms with Crippen LogP contribution in [0, 0.1) is 6.92 Å². The maximum atomic E-state index is 6.38. The molecule has 0 N–H and O–H groups in total. The van der Waals surface area contributed by atoms with Gasteiger partial charge in [-0.3, -0.25) is 0 Å². The van der Waals surface area contributed by atoms with Gasteiger partial charge in [0.25, 0.3) is 0 Å². The quantitative estimate of drug-likeness (QED) is 0.571. The Morgan fingerprint density at radius 1 is 1.22 bits per heavy atom. The highest BCUT2D eigenvalue weighted by Crippen LogP contribution is 2.38. The van der Waals surface area contributed by atoms with Gasteiger partial charge in [-0.15, -0.1) is 0 Å². The number of nitrogens with zero attached hydrogens (tertiary/aromatic N) is 1. The summed E-state index contributed by atoms with van der Waals surface area (Å²) in [4.78, 5) is 6.38. The van der Waals surface area contributed by atoms with Crippen LogP contribution in [0.4, 0.5) is 0 Å². The van der Waals surface area contributed by atoms with E-state index in [0.717, 1.165) is 12.8 Å². The largest absolute Gasteiger partial charge is 0.195 e. The summed E-state index contributed by atoms with van der Waals surface area (Å²) in [6, 6.07) is 6.57. The van der Waals surface area contributed by atoms with Crippen molar-refractivity contribution in [1.29, 1.82) is 0 Å². The molecule has 1 aliphatic carbocycles. The van der Waals surface area contributed by atoms with Crippen LogP contribution in [0.3, 0.4) is 0 Å². The Morgan fingerprint density at radius 3 is 2.50 bits per heavy atom. The first-order valence-corrected chi connectivity index (χ1v) is 6.83. The van der Waals surface area contributed by atoms with E-state index in [1.807, 2.05) is 0 Å². The van der Waals surface area contributed by atoms with Crippen LogP contribution in [0.5, 0.6) is 0 Å². The highest BCUT2D eigenvalue weighted by atomic mass is 16.7. The fourth-order valence-electron chi connectivity index (χ4n) is 2.38. The third-order valence-corrected chi connectivity index (χ3v) is 4.46. The third-order valence-electron chi connectivity index (χ3n) is 4.46. The van der Waals surface area contributed by atoms with Crippen molar-refractivity contribution >= 4 is 0 Å². The lowest BCUT2D eigenvalue weighted by Gasteiger charge is -2.40. The van der Waals surface area contributed by atoms with Gasteiger partial charge in [-0.05, 0) is 57.2 Å². The smallest absolute Gasteiger partial charge is 0.142 e. The lowest BCUT2D eigenvalue weighted by Crippen LogP contribution is -2.54. The molecule has 1 aromatic rings. The zero-order chi connectivity index (χ0) is 13.6. The van der Waals surface area contributed by atoms with E-state index < -0.39 is 0 Å². The second-order valence-electron chi connectivity index (χ2n) is 6.80. The normalized spacial score (nSPS) is 20.0. The predicted molar refractivity (Wildman–Crippen MR) is 75.2 cm³/mol. The van der Waals surface area contributed by atoms with Gasteiger partial charge < -0.3 is 0 Å². The minimum atomic E-state index is 0.0899. The second-order valence-corrected chi connectivity index (χ2v) is 6.80. The first-order chi connectivity index (χ1) is 8.22. The maximum Gasteiger partial charge on any atom is 0.142 e. The van der Waals surface area contributed by atoms with E-state index in [9.17, 15) is 0 Å². The molecule has 1 aliphatic rings. The number of quaternary nitrogens is 1. The van der Waals surface area contributed by atoms with Gasteiger partial charge >= 0.3 is 0 Å². The average molecular weight is 248 g/mol. The van der Waals surface area contributed by atoms with E-state index in [0.29, 0.717) is 4.65 Å². The number of rotatable bonds is 2. The molecule has 0 fully saturated rings. The van der Waals surface area contributed by atoms with Gasteiger partial charge in [-0.25, -0.2) is 0 Å². The van der Waals surface area contributed by atoms with Gasteiger partial charge in [0, 0.05) is 0 Å². The zero-order valence-corrected chi connectivity index (χ0v) is 12.6. The summed E-state index contributed by atoms with van der Waals surface area (Å²) >= 11 is 0. The SMILES string of the molecule is Cc1cccc2c1CC[C@@H]2O[N+](C)(C)C(C)(C)C. The molecule has 1 atom stereocenters. The molecule has 100 valence electrons. The molecule has 0 aliphatic heterocycles. The Balaban J connectivity index is 2.23. The van der Waals surface area contributed by atoms with Crippen molar-refractivity contribution in [3.8, 4) is 0 Å². The van der Waals surface area contributed by atoms with E-state index in [1.165, 1.54) is 16.7 Å². The molecule has 0 aromatic heterocycles. The molecule has 18 heavy (non-hydrogen) atoms. The predicted octanol–water partition coefficient (Wildman–Crippen LogP) is 3.79.